The zero-order chi connectivity index (χ0) is 9.52. The van der Waals surface area contributed by atoms with Crippen molar-refractivity contribution in [1.29, 1.82) is 0 Å². The molecule has 0 spiro atoms. The van der Waals surface area contributed by atoms with Crippen LogP contribution in [0.5, 0.6) is 0 Å². The topological polar surface area (TPSA) is 0 Å². The highest BCUT2D eigenvalue weighted by molar-refractivity contribution is 9.09. The standard InChI is InChI=1S/C11H10Br2/c12-8-4-3-6-10-5-1-2-7-11(10)9-13/h1-2,5,7H,4,8-9H2. The van der Waals surface area contributed by atoms with Crippen molar-refractivity contribution in [3.8, 4) is 11.8 Å². The highest BCUT2D eigenvalue weighted by Crippen LogP contribution is 2.10. The van der Waals surface area contributed by atoms with Crippen molar-refractivity contribution in [3.05, 3.63) is 35.4 Å². The zero-order valence-electron chi connectivity index (χ0n) is 7.19. The van der Waals surface area contributed by atoms with Gasteiger partial charge in [0.2, 0.25) is 0 Å². The highest BCUT2D eigenvalue weighted by atomic mass is 79.9. The molecule has 1 rings (SSSR count). The first-order valence-corrected chi connectivity index (χ1v) is 6.31. The van der Waals surface area contributed by atoms with Crippen molar-refractivity contribution in [3.63, 3.8) is 0 Å². The minimum absolute atomic E-state index is 0.867. The molecule has 68 valence electrons. The van der Waals surface area contributed by atoms with E-state index in [0.29, 0.717) is 0 Å². The van der Waals surface area contributed by atoms with Gasteiger partial charge in [0.05, 0.1) is 0 Å². The van der Waals surface area contributed by atoms with Crippen molar-refractivity contribution in [1.82, 2.24) is 0 Å². The lowest BCUT2D eigenvalue weighted by molar-refractivity contribution is 1.31. The van der Waals surface area contributed by atoms with Gasteiger partial charge in [0.25, 0.3) is 0 Å². The maximum absolute atomic E-state index is 3.44. The maximum Gasteiger partial charge on any atom is 0.0295 e. The molecule has 1 aromatic rings. The summed E-state index contributed by atoms with van der Waals surface area (Å²) in [6.07, 6.45) is 0.899. The Morgan fingerprint density at radius 2 is 1.92 bits per heavy atom. The fourth-order valence-electron chi connectivity index (χ4n) is 0.964. The maximum atomic E-state index is 3.44. The summed E-state index contributed by atoms with van der Waals surface area (Å²) < 4.78 is 0. The number of alkyl halides is 2. The molecule has 0 aliphatic heterocycles. The van der Waals surface area contributed by atoms with E-state index in [9.17, 15) is 0 Å². The van der Waals surface area contributed by atoms with Crippen LogP contribution in [-0.4, -0.2) is 5.33 Å². The summed E-state index contributed by atoms with van der Waals surface area (Å²) in [6, 6.07) is 8.20. The lowest BCUT2D eigenvalue weighted by atomic mass is 10.1. The number of rotatable bonds is 2. The van der Waals surface area contributed by atoms with Crippen LogP contribution >= 0.6 is 31.9 Å². The van der Waals surface area contributed by atoms with Crippen LogP contribution in [0.3, 0.4) is 0 Å². The Bertz CT molecular complexity index is 320. The lowest BCUT2D eigenvalue weighted by Crippen LogP contribution is -1.83. The van der Waals surface area contributed by atoms with E-state index in [1.807, 2.05) is 12.1 Å². The zero-order valence-corrected chi connectivity index (χ0v) is 10.4. The fraction of sp³-hybridized carbons (Fsp3) is 0.273. The molecule has 2 heteroatoms. The Labute approximate surface area is 96.0 Å². The summed E-state index contributed by atoms with van der Waals surface area (Å²) in [4.78, 5) is 0. The molecule has 0 radical (unpaired) electrons. The van der Waals surface area contributed by atoms with Crippen LogP contribution in [-0.2, 0) is 5.33 Å². The summed E-state index contributed by atoms with van der Waals surface area (Å²) >= 11 is 6.79. The van der Waals surface area contributed by atoms with Crippen LogP contribution in [0.1, 0.15) is 17.5 Å². The number of hydrogen-bond donors (Lipinski definition) is 0. The highest BCUT2D eigenvalue weighted by Gasteiger charge is 1.94. The molecule has 0 saturated carbocycles. The van der Waals surface area contributed by atoms with E-state index in [0.717, 1.165) is 22.6 Å². The van der Waals surface area contributed by atoms with Crippen LogP contribution in [0.2, 0.25) is 0 Å². The molecule has 0 atom stereocenters. The summed E-state index contributed by atoms with van der Waals surface area (Å²) in [5.74, 6) is 6.26. The first-order valence-electron chi connectivity index (χ1n) is 4.07. The minimum Gasteiger partial charge on any atom is -0.0970 e. The number of hydrogen-bond acceptors (Lipinski definition) is 0. The van der Waals surface area contributed by atoms with E-state index in [-0.39, 0.29) is 0 Å². The third-order valence-corrected chi connectivity index (χ3v) is 2.60. The van der Waals surface area contributed by atoms with Gasteiger partial charge in [0.15, 0.2) is 0 Å². The third-order valence-electron chi connectivity index (χ3n) is 1.60. The van der Waals surface area contributed by atoms with Crippen molar-refractivity contribution >= 4 is 31.9 Å². The molecule has 0 saturated heterocycles. The molecule has 0 nitrogen and oxygen atoms in total. The number of benzene rings is 1. The molecular weight excluding hydrogens is 292 g/mol. The van der Waals surface area contributed by atoms with Gasteiger partial charge in [-0.05, 0) is 11.6 Å². The Hall–Kier alpha value is -0.260. The molecule has 0 aliphatic rings. The van der Waals surface area contributed by atoms with E-state index in [1.165, 1.54) is 5.56 Å². The van der Waals surface area contributed by atoms with Crippen molar-refractivity contribution < 1.29 is 0 Å². The Balaban J connectivity index is 2.82. The average molecular weight is 302 g/mol. The summed E-state index contributed by atoms with van der Waals surface area (Å²) in [7, 11) is 0. The van der Waals surface area contributed by atoms with Gasteiger partial charge in [-0.2, -0.15) is 0 Å². The summed E-state index contributed by atoms with van der Waals surface area (Å²) in [5.41, 5.74) is 2.38. The SMILES string of the molecule is BrCCC#Cc1ccccc1CBr. The normalized spacial score (nSPS) is 9.08. The summed E-state index contributed by atoms with van der Waals surface area (Å²) in [6.45, 7) is 0. The van der Waals surface area contributed by atoms with Gasteiger partial charge < -0.3 is 0 Å². The van der Waals surface area contributed by atoms with Gasteiger partial charge >= 0.3 is 0 Å². The van der Waals surface area contributed by atoms with E-state index < -0.39 is 0 Å². The molecule has 0 aromatic heterocycles. The summed E-state index contributed by atoms with van der Waals surface area (Å²) in [5, 5.41) is 1.81. The minimum atomic E-state index is 0.867. The molecule has 0 amide bonds. The Morgan fingerprint density at radius 3 is 2.62 bits per heavy atom. The first kappa shape index (κ1) is 10.8. The average Bonchev–Trinajstić information content (AvgIpc) is 2.19. The predicted molar refractivity (Wildman–Crippen MR) is 64.4 cm³/mol. The molecule has 0 N–H and O–H groups in total. The smallest absolute Gasteiger partial charge is 0.0295 e. The molecule has 0 heterocycles. The van der Waals surface area contributed by atoms with Crippen LogP contribution < -0.4 is 0 Å². The molecule has 0 bridgehead atoms. The quantitative estimate of drug-likeness (QED) is 0.577. The van der Waals surface area contributed by atoms with Gasteiger partial charge in [0, 0.05) is 22.6 Å². The molecule has 0 aliphatic carbocycles. The van der Waals surface area contributed by atoms with Crippen molar-refractivity contribution in [2.45, 2.75) is 11.8 Å². The molecule has 0 fully saturated rings. The van der Waals surface area contributed by atoms with Crippen LogP contribution in [0.25, 0.3) is 0 Å². The van der Waals surface area contributed by atoms with Crippen molar-refractivity contribution in [2.75, 3.05) is 5.33 Å². The van der Waals surface area contributed by atoms with E-state index in [2.05, 4.69) is 55.8 Å². The van der Waals surface area contributed by atoms with E-state index in [4.69, 9.17) is 0 Å². The molecular formula is C11H10Br2. The van der Waals surface area contributed by atoms with Crippen LogP contribution in [0.4, 0.5) is 0 Å². The van der Waals surface area contributed by atoms with E-state index >= 15 is 0 Å². The predicted octanol–water partition coefficient (Wildman–Crippen LogP) is 3.72. The Kier molecular flexibility index (Phi) is 5.19. The molecule has 13 heavy (non-hydrogen) atoms. The van der Waals surface area contributed by atoms with Crippen LogP contribution in [0.15, 0.2) is 24.3 Å². The van der Waals surface area contributed by atoms with E-state index in [1.54, 1.807) is 0 Å². The van der Waals surface area contributed by atoms with Gasteiger partial charge in [0.1, 0.15) is 0 Å². The van der Waals surface area contributed by atoms with Crippen molar-refractivity contribution in [2.24, 2.45) is 0 Å². The van der Waals surface area contributed by atoms with Gasteiger partial charge in [-0.15, -0.1) is 0 Å². The Morgan fingerprint density at radius 1 is 1.15 bits per heavy atom. The van der Waals surface area contributed by atoms with Crippen LogP contribution in [0, 0.1) is 11.8 Å². The van der Waals surface area contributed by atoms with Gasteiger partial charge in [-0.25, -0.2) is 0 Å². The first-order chi connectivity index (χ1) is 6.38. The molecule has 1 aromatic carbocycles. The monoisotopic (exact) mass is 300 g/mol. The molecule has 0 unspecified atom stereocenters. The largest absolute Gasteiger partial charge is 0.0970 e. The third kappa shape index (κ3) is 3.54. The second-order valence-electron chi connectivity index (χ2n) is 2.53. The van der Waals surface area contributed by atoms with Gasteiger partial charge in [-0.3, -0.25) is 0 Å². The van der Waals surface area contributed by atoms with Gasteiger partial charge in [-0.1, -0.05) is 61.9 Å². The second kappa shape index (κ2) is 6.23. The lowest BCUT2D eigenvalue weighted by Gasteiger charge is -1.97. The fourth-order valence-corrected chi connectivity index (χ4v) is 1.65. The second-order valence-corrected chi connectivity index (χ2v) is 3.89. The number of halogens is 2.